The number of nitro groups is 1. The van der Waals surface area contributed by atoms with Crippen LogP contribution >= 0.6 is 0 Å². The fraction of sp³-hybridized carbons (Fsp3) is 0.333. The van der Waals surface area contributed by atoms with Gasteiger partial charge in [0, 0.05) is 6.07 Å². The molecule has 19 heavy (non-hydrogen) atoms. The van der Waals surface area contributed by atoms with Gasteiger partial charge in [-0.05, 0) is 0 Å². The molecule has 0 bridgehead atoms. The molecule has 10 heteroatoms. The summed E-state index contributed by atoms with van der Waals surface area (Å²) in [6.45, 7) is 0. The van der Waals surface area contributed by atoms with Crippen molar-refractivity contribution in [1.82, 2.24) is 4.98 Å². The van der Waals surface area contributed by atoms with Crippen LogP contribution in [-0.2, 0) is 12.6 Å². The van der Waals surface area contributed by atoms with Crippen LogP contribution in [-0.4, -0.2) is 9.91 Å². The van der Waals surface area contributed by atoms with Gasteiger partial charge in [0.25, 0.3) is 12.1 Å². The zero-order valence-electron chi connectivity index (χ0n) is 8.91. The third kappa shape index (κ3) is 3.12. The highest BCUT2D eigenvalue weighted by atomic mass is 19.4. The molecule has 0 amide bonds. The predicted octanol–water partition coefficient (Wildman–Crippen LogP) is 3.01. The molecular formula is C9H4F5N3O2. The summed E-state index contributed by atoms with van der Waals surface area (Å²) in [6, 6.07) is 1.38. The van der Waals surface area contributed by atoms with E-state index >= 15 is 0 Å². The van der Waals surface area contributed by atoms with E-state index in [1.165, 1.54) is 6.07 Å². The monoisotopic (exact) mass is 281 g/mol. The summed E-state index contributed by atoms with van der Waals surface area (Å²) >= 11 is 0. The number of pyridine rings is 1. The maximum atomic E-state index is 12.5. The van der Waals surface area contributed by atoms with Crippen molar-refractivity contribution in [3.8, 4) is 6.07 Å². The van der Waals surface area contributed by atoms with Crippen molar-refractivity contribution in [2.24, 2.45) is 0 Å². The standard InChI is InChI=1S/C9H4F5N3O2/c10-8(11)7-4(9(12,13)14)3-6(17(18)19)5(16-7)1-2-15/h3,8H,1H2. The molecule has 1 heterocycles. The molecule has 0 aliphatic carbocycles. The zero-order chi connectivity index (χ0) is 14.8. The van der Waals surface area contributed by atoms with Gasteiger partial charge in [0.15, 0.2) is 0 Å². The average molecular weight is 281 g/mol. The molecule has 102 valence electrons. The summed E-state index contributed by atoms with van der Waals surface area (Å²) in [4.78, 5) is 12.3. The van der Waals surface area contributed by atoms with E-state index in [2.05, 4.69) is 4.98 Å². The zero-order valence-corrected chi connectivity index (χ0v) is 8.91. The van der Waals surface area contributed by atoms with Crippen LogP contribution in [0.15, 0.2) is 6.07 Å². The first-order valence-electron chi connectivity index (χ1n) is 4.59. The summed E-state index contributed by atoms with van der Waals surface area (Å²) in [6.07, 6.45) is -9.50. The molecule has 1 rings (SSSR count). The van der Waals surface area contributed by atoms with Crippen LogP contribution in [0.5, 0.6) is 0 Å². The van der Waals surface area contributed by atoms with Crippen molar-refractivity contribution < 1.29 is 26.9 Å². The Morgan fingerprint density at radius 2 is 2.05 bits per heavy atom. The van der Waals surface area contributed by atoms with Gasteiger partial charge in [0.1, 0.15) is 11.4 Å². The summed E-state index contributed by atoms with van der Waals surface area (Å²) in [5, 5.41) is 18.9. The highest BCUT2D eigenvalue weighted by Gasteiger charge is 2.39. The highest BCUT2D eigenvalue weighted by molar-refractivity contribution is 5.43. The Labute approximate surface area is 102 Å². The first-order chi connectivity index (χ1) is 8.68. The van der Waals surface area contributed by atoms with Crippen LogP contribution in [0.4, 0.5) is 27.6 Å². The molecule has 0 radical (unpaired) electrons. The van der Waals surface area contributed by atoms with Gasteiger partial charge in [-0.3, -0.25) is 10.1 Å². The van der Waals surface area contributed by atoms with Crippen molar-refractivity contribution in [3.05, 3.63) is 33.1 Å². The van der Waals surface area contributed by atoms with Crippen molar-refractivity contribution in [2.75, 3.05) is 0 Å². The number of nitriles is 1. The van der Waals surface area contributed by atoms with Crippen molar-refractivity contribution in [2.45, 2.75) is 19.0 Å². The van der Waals surface area contributed by atoms with Gasteiger partial charge in [-0.2, -0.15) is 18.4 Å². The van der Waals surface area contributed by atoms with Gasteiger partial charge in [0.2, 0.25) is 0 Å². The lowest BCUT2D eigenvalue weighted by atomic mass is 10.1. The van der Waals surface area contributed by atoms with E-state index in [1.807, 2.05) is 0 Å². The highest BCUT2D eigenvalue weighted by Crippen LogP contribution is 2.38. The smallest absolute Gasteiger partial charge is 0.258 e. The second-order valence-electron chi connectivity index (χ2n) is 3.28. The van der Waals surface area contributed by atoms with Crippen LogP contribution < -0.4 is 0 Å². The third-order valence-corrected chi connectivity index (χ3v) is 2.06. The number of hydrogen-bond donors (Lipinski definition) is 0. The van der Waals surface area contributed by atoms with E-state index in [0.717, 1.165) is 0 Å². The first kappa shape index (κ1) is 14.7. The van der Waals surface area contributed by atoms with Gasteiger partial charge in [-0.1, -0.05) is 0 Å². The molecule has 0 N–H and O–H groups in total. The largest absolute Gasteiger partial charge is 0.418 e. The minimum Gasteiger partial charge on any atom is -0.258 e. The van der Waals surface area contributed by atoms with Gasteiger partial charge in [0.05, 0.1) is 23.0 Å². The predicted molar refractivity (Wildman–Crippen MR) is 50.2 cm³/mol. The minimum absolute atomic E-state index is 0.0266. The van der Waals surface area contributed by atoms with Crippen LogP contribution in [0, 0.1) is 21.4 Å². The van der Waals surface area contributed by atoms with Crippen LogP contribution in [0.2, 0.25) is 0 Å². The lowest BCUT2D eigenvalue weighted by molar-refractivity contribution is -0.386. The van der Waals surface area contributed by atoms with Crippen molar-refractivity contribution in [1.29, 1.82) is 5.26 Å². The lowest BCUT2D eigenvalue weighted by Gasteiger charge is -2.12. The Bertz CT molecular complexity index is 550. The Morgan fingerprint density at radius 3 is 2.42 bits per heavy atom. The van der Waals surface area contributed by atoms with E-state index in [9.17, 15) is 32.1 Å². The van der Waals surface area contributed by atoms with E-state index in [0.29, 0.717) is 0 Å². The maximum Gasteiger partial charge on any atom is 0.418 e. The number of aromatic nitrogens is 1. The molecule has 1 aromatic rings. The molecule has 0 saturated heterocycles. The van der Waals surface area contributed by atoms with Gasteiger partial charge >= 0.3 is 6.18 Å². The van der Waals surface area contributed by atoms with Gasteiger partial charge in [-0.25, -0.2) is 13.8 Å². The van der Waals surface area contributed by atoms with E-state index in [-0.39, 0.29) is 6.07 Å². The Hall–Kier alpha value is -2.31. The Morgan fingerprint density at radius 1 is 1.47 bits per heavy atom. The molecule has 0 aliphatic heterocycles. The topological polar surface area (TPSA) is 79.8 Å². The fourth-order valence-electron chi connectivity index (χ4n) is 1.31. The minimum atomic E-state index is -5.20. The molecule has 5 nitrogen and oxygen atoms in total. The summed E-state index contributed by atoms with van der Waals surface area (Å²) < 4.78 is 62.5. The van der Waals surface area contributed by atoms with Crippen LogP contribution in [0.3, 0.4) is 0 Å². The number of hydrogen-bond acceptors (Lipinski definition) is 4. The fourth-order valence-corrected chi connectivity index (χ4v) is 1.31. The number of halogens is 5. The van der Waals surface area contributed by atoms with Crippen molar-refractivity contribution >= 4 is 5.69 Å². The Kier molecular flexibility index (Phi) is 3.98. The molecule has 0 unspecified atom stereocenters. The third-order valence-electron chi connectivity index (χ3n) is 2.06. The Balaban J connectivity index is 3.61. The summed E-state index contributed by atoms with van der Waals surface area (Å²) in [5.41, 5.74) is -5.34. The van der Waals surface area contributed by atoms with E-state index in [1.54, 1.807) is 0 Å². The second-order valence-corrected chi connectivity index (χ2v) is 3.28. The lowest BCUT2D eigenvalue weighted by Crippen LogP contribution is -2.14. The van der Waals surface area contributed by atoms with Crippen LogP contribution in [0.25, 0.3) is 0 Å². The first-order valence-corrected chi connectivity index (χ1v) is 4.59. The SMILES string of the molecule is N#CCc1nc(C(F)F)c(C(F)(F)F)cc1[N+](=O)[O-]. The molecule has 0 fully saturated rings. The van der Waals surface area contributed by atoms with Crippen molar-refractivity contribution in [3.63, 3.8) is 0 Å². The molecule has 0 aliphatic rings. The molecule has 1 aromatic heterocycles. The quantitative estimate of drug-likeness (QED) is 0.484. The number of alkyl halides is 5. The normalized spacial score (nSPS) is 11.4. The van der Waals surface area contributed by atoms with Gasteiger partial charge in [-0.15, -0.1) is 0 Å². The van der Waals surface area contributed by atoms with E-state index < -0.39 is 46.6 Å². The number of rotatable bonds is 3. The average Bonchev–Trinajstić information content (AvgIpc) is 2.26. The summed E-state index contributed by atoms with van der Waals surface area (Å²) in [7, 11) is 0. The van der Waals surface area contributed by atoms with Gasteiger partial charge < -0.3 is 0 Å². The molecule has 0 atom stereocenters. The second kappa shape index (κ2) is 5.13. The summed E-state index contributed by atoms with van der Waals surface area (Å²) in [5.74, 6) is 0. The molecule has 0 aromatic carbocycles. The molecule has 0 saturated carbocycles. The van der Waals surface area contributed by atoms with Crippen LogP contribution in [0.1, 0.15) is 23.4 Å². The number of nitrogens with zero attached hydrogens (tertiary/aromatic N) is 3. The molecular weight excluding hydrogens is 277 g/mol. The molecule has 0 spiro atoms. The van der Waals surface area contributed by atoms with E-state index in [4.69, 9.17) is 5.26 Å². The maximum absolute atomic E-state index is 12.5.